The lowest BCUT2D eigenvalue weighted by Crippen LogP contribution is -2.34. The molecule has 3 rings (SSSR count). The highest BCUT2D eigenvalue weighted by Crippen LogP contribution is 2.41. The maximum Gasteiger partial charge on any atom is 0.421 e. The summed E-state index contributed by atoms with van der Waals surface area (Å²) in [5.41, 5.74) is -1.92. The lowest BCUT2D eigenvalue weighted by molar-refractivity contribution is -0.138. The minimum atomic E-state index is -4.71. The van der Waals surface area contributed by atoms with Gasteiger partial charge in [-0.3, -0.25) is 4.98 Å². The van der Waals surface area contributed by atoms with Crippen LogP contribution in [-0.2, 0) is 18.9 Å². The maximum atomic E-state index is 13.3. The van der Waals surface area contributed by atoms with Crippen LogP contribution in [0.25, 0.3) is 0 Å². The van der Waals surface area contributed by atoms with Gasteiger partial charge in [0.1, 0.15) is 5.56 Å². The Morgan fingerprint density at radius 2 is 1.76 bits per heavy atom. The molecule has 2 aromatic rings. The zero-order valence-electron chi connectivity index (χ0n) is 15.5. The van der Waals surface area contributed by atoms with Crippen LogP contribution < -0.4 is 5.32 Å². The predicted octanol–water partition coefficient (Wildman–Crippen LogP) is 5.41. The predicted molar refractivity (Wildman–Crippen MR) is 93.7 cm³/mol. The summed E-state index contributed by atoms with van der Waals surface area (Å²) in [4.78, 5) is 15.1. The first-order valence-electron chi connectivity index (χ1n) is 8.64. The van der Waals surface area contributed by atoms with Crippen LogP contribution in [0.15, 0.2) is 29.6 Å². The molecule has 156 valence electrons. The number of hydrogen-bond donors (Lipinski definition) is 1. The van der Waals surface area contributed by atoms with Crippen molar-refractivity contribution in [2.24, 2.45) is 10.4 Å². The van der Waals surface area contributed by atoms with Gasteiger partial charge in [0, 0.05) is 41.8 Å². The van der Waals surface area contributed by atoms with Crippen molar-refractivity contribution in [1.29, 1.82) is 0 Å². The van der Waals surface area contributed by atoms with Gasteiger partial charge in [-0.1, -0.05) is 13.8 Å². The number of alkyl halides is 6. The largest absolute Gasteiger partial charge is 0.421 e. The second-order valence-corrected chi connectivity index (χ2v) is 7.26. The molecule has 0 amide bonds. The van der Waals surface area contributed by atoms with Crippen LogP contribution in [0.4, 0.5) is 38.1 Å². The van der Waals surface area contributed by atoms with Crippen molar-refractivity contribution in [1.82, 2.24) is 15.0 Å². The molecule has 0 saturated heterocycles. The normalized spacial score (nSPS) is 17.9. The Balaban J connectivity index is 1.90. The molecule has 1 aliphatic carbocycles. The number of aliphatic imine (C=N–C) groups is 1. The number of pyridine rings is 1. The Hall–Kier alpha value is -2.72. The van der Waals surface area contributed by atoms with Crippen molar-refractivity contribution in [2.75, 3.05) is 5.32 Å². The second kappa shape index (κ2) is 7.27. The van der Waals surface area contributed by atoms with E-state index in [9.17, 15) is 26.3 Å². The molecule has 0 aromatic carbocycles. The van der Waals surface area contributed by atoms with Crippen LogP contribution >= 0.6 is 0 Å². The van der Waals surface area contributed by atoms with Gasteiger partial charge in [0.2, 0.25) is 5.95 Å². The average Bonchev–Trinajstić information content (AvgIpc) is 2.62. The van der Waals surface area contributed by atoms with Crippen molar-refractivity contribution < 1.29 is 26.3 Å². The summed E-state index contributed by atoms with van der Waals surface area (Å²) in [5.74, 6) is -0.813. The van der Waals surface area contributed by atoms with Crippen LogP contribution in [0.1, 0.15) is 43.4 Å². The molecule has 0 aliphatic heterocycles. The highest BCUT2D eigenvalue weighted by molar-refractivity contribution is 5.96. The molecule has 0 bridgehead atoms. The lowest BCUT2D eigenvalue weighted by Gasteiger charge is -2.36. The maximum absolute atomic E-state index is 13.3. The number of nitrogens with one attached hydrogen (secondary N) is 1. The zero-order valence-corrected chi connectivity index (χ0v) is 15.5. The first kappa shape index (κ1) is 21.0. The molecule has 0 radical (unpaired) electrons. The van der Waals surface area contributed by atoms with E-state index < -0.39 is 29.3 Å². The van der Waals surface area contributed by atoms with Crippen LogP contribution in [0.3, 0.4) is 0 Å². The third-order valence-corrected chi connectivity index (χ3v) is 4.73. The van der Waals surface area contributed by atoms with Gasteiger partial charge in [-0.2, -0.15) is 31.3 Å². The van der Waals surface area contributed by atoms with Crippen LogP contribution in [0, 0.1) is 5.41 Å². The summed E-state index contributed by atoms with van der Waals surface area (Å²) in [6, 6.07) is 0.820. The number of hydrogen-bond acceptors (Lipinski definition) is 5. The number of aromatic nitrogens is 3. The van der Waals surface area contributed by atoms with Crippen molar-refractivity contribution >= 4 is 17.5 Å². The molecule has 0 unspecified atom stereocenters. The SMILES string of the molecule is CC1(C)CCC1=Nc1nc(NCc2cnccc2C(F)(F)F)ncc1C(F)(F)F. The highest BCUT2D eigenvalue weighted by atomic mass is 19.4. The standard InChI is InChI=1S/C18H17F6N5/c1-16(2)5-3-13(16)28-14-12(18(22,23)24)9-27-15(29-14)26-8-10-7-25-6-4-11(10)17(19,20)21/h4,6-7,9H,3,5,8H2,1-2H3,(H,26,27,29). The molecule has 2 heterocycles. The topological polar surface area (TPSA) is 63.1 Å². The Labute approximate surface area is 162 Å². The summed E-state index contributed by atoms with van der Waals surface area (Å²) >= 11 is 0. The Morgan fingerprint density at radius 3 is 2.31 bits per heavy atom. The van der Waals surface area contributed by atoms with Gasteiger partial charge in [0.25, 0.3) is 0 Å². The summed E-state index contributed by atoms with van der Waals surface area (Å²) < 4.78 is 79.0. The van der Waals surface area contributed by atoms with E-state index in [-0.39, 0.29) is 23.5 Å². The van der Waals surface area contributed by atoms with Gasteiger partial charge in [-0.05, 0) is 18.9 Å². The molecule has 29 heavy (non-hydrogen) atoms. The first-order valence-corrected chi connectivity index (χ1v) is 8.64. The van der Waals surface area contributed by atoms with Crippen molar-refractivity contribution in [3.8, 4) is 0 Å². The number of nitrogens with zero attached hydrogens (tertiary/aromatic N) is 4. The van der Waals surface area contributed by atoms with Gasteiger partial charge in [-0.25, -0.2) is 9.98 Å². The van der Waals surface area contributed by atoms with Crippen molar-refractivity contribution in [2.45, 2.75) is 45.6 Å². The number of rotatable bonds is 4. The quantitative estimate of drug-likeness (QED) is 0.676. The summed E-state index contributed by atoms with van der Waals surface area (Å²) in [5, 5.41) is 2.52. The number of anilines is 1. The Kier molecular flexibility index (Phi) is 5.26. The first-order chi connectivity index (χ1) is 13.4. The van der Waals surface area contributed by atoms with Crippen molar-refractivity contribution in [3.63, 3.8) is 0 Å². The molecule has 5 nitrogen and oxygen atoms in total. The molecule has 1 saturated carbocycles. The Morgan fingerprint density at radius 1 is 1.07 bits per heavy atom. The molecular weight excluding hydrogens is 400 g/mol. The molecule has 1 N–H and O–H groups in total. The van der Waals surface area contributed by atoms with E-state index in [2.05, 4.69) is 25.3 Å². The van der Waals surface area contributed by atoms with E-state index in [0.717, 1.165) is 24.9 Å². The molecular formula is C18H17F6N5. The fraction of sp³-hybridized carbons (Fsp3) is 0.444. The minimum Gasteiger partial charge on any atom is -0.350 e. The fourth-order valence-electron chi connectivity index (χ4n) is 2.83. The second-order valence-electron chi connectivity index (χ2n) is 7.26. The van der Waals surface area contributed by atoms with Gasteiger partial charge >= 0.3 is 12.4 Å². The summed E-state index contributed by atoms with van der Waals surface area (Å²) in [7, 11) is 0. The monoisotopic (exact) mass is 417 g/mol. The fourth-order valence-corrected chi connectivity index (χ4v) is 2.83. The van der Waals surface area contributed by atoms with Crippen LogP contribution in [0.5, 0.6) is 0 Å². The smallest absolute Gasteiger partial charge is 0.350 e. The van der Waals surface area contributed by atoms with E-state index in [1.165, 1.54) is 0 Å². The molecule has 1 aliphatic rings. The van der Waals surface area contributed by atoms with E-state index >= 15 is 0 Å². The van der Waals surface area contributed by atoms with Crippen LogP contribution in [0.2, 0.25) is 0 Å². The third kappa shape index (κ3) is 4.65. The van der Waals surface area contributed by atoms with Crippen LogP contribution in [-0.4, -0.2) is 20.7 Å². The summed E-state index contributed by atoms with van der Waals surface area (Å²) in [6.07, 6.45) is -5.33. The van der Waals surface area contributed by atoms with E-state index in [1.54, 1.807) is 0 Å². The van der Waals surface area contributed by atoms with Gasteiger partial charge in [0.15, 0.2) is 5.82 Å². The van der Waals surface area contributed by atoms with Gasteiger partial charge < -0.3 is 5.32 Å². The lowest BCUT2D eigenvalue weighted by atomic mass is 9.70. The van der Waals surface area contributed by atoms with Gasteiger partial charge in [-0.15, -0.1) is 0 Å². The van der Waals surface area contributed by atoms with Crippen molar-refractivity contribution in [3.05, 3.63) is 41.3 Å². The molecule has 1 fully saturated rings. The Bertz CT molecular complexity index is 933. The van der Waals surface area contributed by atoms with E-state index in [1.807, 2.05) is 13.8 Å². The number of halogens is 6. The third-order valence-electron chi connectivity index (χ3n) is 4.73. The van der Waals surface area contributed by atoms with Gasteiger partial charge in [0.05, 0.1) is 5.56 Å². The molecule has 0 atom stereocenters. The molecule has 2 aromatic heterocycles. The van der Waals surface area contributed by atoms with E-state index in [0.29, 0.717) is 18.3 Å². The minimum absolute atomic E-state index is 0.184. The van der Waals surface area contributed by atoms with E-state index in [4.69, 9.17) is 0 Å². The highest BCUT2D eigenvalue weighted by Gasteiger charge is 2.38. The molecule has 0 spiro atoms. The average molecular weight is 417 g/mol. The summed E-state index contributed by atoms with van der Waals surface area (Å²) in [6.45, 7) is 3.36. The molecule has 11 heteroatoms. The zero-order chi connectivity index (χ0) is 21.4.